The highest BCUT2D eigenvalue weighted by molar-refractivity contribution is 5.82. The van der Waals surface area contributed by atoms with E-state index in [0.717, 1.165) is 32.5 Å². The molecule has 122 valence electrons. The second-order valence-corrected chi connectivity index (χ2v) is 6.78. The minimum Gasteiger partial charge on any atom is -0.376 e. The third-order valence-electron chi connectivity index (χ3n) is 4.27. The molecule has 4 unspecified atom stereocenters. The molecule has 0 saturated carbocycles. The van der Waals surface area contributed by atoms with E-state index in [4.69, 9.17) is 9.47 Å². The zero-order valence-corrected chi connectivity index (χ0v) is 13.8. The Kier molecular flexibility index (Phi) is 6.02. The molecule has 2 saturated heterocycles. The summed E-state index contributed by atoms with van der Waals surface area (Å²) in [5.41, 5.74) is 0. The summed E-state index contributed by atoms with van der Waals surface area (Å²) in [6.45, 7) is 11.5. The molecule has 2 heterocycles. The molecule has 21 heavy (non-hydrogen) atoms. The molecule has 2 aliphatic rings. The molecule has 5 nitrogen and oxygen atoms in total. The highest BCUT2D eigenvalue weighted by atomic mass is 16.5. The Morgan fingerprint density at radius 1 is 1.29 bits per heavy atom. The Morgan fingerprint density at radius 3 is 2.48 bits per heavy atom. The van der Waals surface area contributed by atoms with Gasteiger partial charge in [-0.1, -0.05) is 13.8 Å². The van der Waals surface area contributed by atoms with Crippen molar-refractivity contribution in [2.75, 3.05) is 26.2 Å². The van der Waals surface area contributed by atoms with Gasteiger partial charge in [-0.25, -0.2) is 0 Å². The Hall–Kier alpha value is -0.650. The average molecular weight is 298 g/mol. The average Bonchev–Trinajstić information content (AvgIpc) is 2.87. The molecule has 0 aromatic carbocycles. The lowest BCUT2D eigenvalue weighted by atomic mass is 9.99. The van der Waals surface area contributed by atoms with Gasteiger partial charge in [-0.15, -0.1) is 0 Å². The van der Waals surface area contributed by atoms with Crippen LogP contribution >= 0.6 is 0 Å². The monoisotopic (exact) mass is 298 g/mol. The summed E-state index contributed by atoms with van der Waals surface area (Å²) < 4.78 is 11.3. The minimum atomic E-state index is -0.0831. The summed E-state index contributed by atoms with van der Waals surface area (Å²) in [7, 11) is 0. The minimum absolute atomic E-state index is 0.0831. The number of nitrogens with one attached hydrogen (secondary N) is 1. The molecular formula is C16H30N2O3. The molecular weight excluding hydrogens is 268 g/mol. The smallest absolute Gasteiger partial charge is 0.237 e. The van der Waals surface area contributed by atoms with Crippen LogP contribution in [0.3, 0.4) is 0 Å². The normalized spacial score (nSPS) is 32.3. The van der Waals surface area contributed by atoms with Crippen molar-refractivity contribution in [3.8, 4) is 0 Å². The van der Waals surface area contributed by atoms with E-state index in [1.165, 1.54) is 0 Å². The van der Waals surface area contributed by atoms with E-state index >= 15 is 0 Å². The standard InChI is InChI=1S/C16H30N2O3/c1-11(2)15(18-9-12(3)21-13(4)10-18)16(19)17-8-14-6-5-7-20-14/h11-15H,5-10H2,1-4H3,(H,17,19). The van der Waals surface area contributed by atoms with Crippen molar-refractivity contribution < 1.29 is 14.3 Å². The lowest BCUT2D eigenvalue weighted by molar-refractivity contribution is -0.135. The molecule has 2 aliphatic heterocycles. The van der Waals surface area contributed by atoms with Crippen molar-refractivity contribution in [2.24, 2.45) is 5.92 Å². The molecule has 2 rings (SSSR count). The van der Waals surface area contributed by atoms with Gasteiger partial charge < -0.3 is 14.8 Å². The lowest BCUT2D eigenvalue weighted by Crippen LogP contribution is -2.57. The third kappa shape index (κ3) is 4.66. The first-order chi connectivity index (χ1) is 9.97. The number of carbonyl (C=O) groups is 1. The second kappa shape index (κ2) is 7.56. The highest BCUT2D eigenvalue weighted by Crippen LogP contribution is 2.19. The molecule has 0 aromatic rings. The van der Waals surface area contributed by atoms with Gasteiger partial charge in [0.05, 0.1) is 24.4 Å². The predicted molar refractivity (Wildman–Crippen MR) is 82.2 cm³/mol. The number of hydrogen-bond donors (Lipinski definition) is 1. The van der Waals surface area contributed by atoms with Crippen molar-refractivity contribution in [3.63, 3.8) is 0 Å². The van der Waals surface area contributed by atoms with Crippen LogP contribution in [-0.4, -0.2) is 61.4 Å². The van der Waals surface area contributed by atoms with Crippen LogP contribution in [0.15, 0.2) is 0 Å². The Balaban J connectivity index is 1.91. The van der Waals surface area contributed by atoms with E-state index in [9.17, 15) is 4.79 Å². The zero-order chi connectivity index (χ0) is 15.4. The lowest BCUT2D eigenvalue weighted by Gasteiger charge is -2.41. The summed E-state index contributed by atoms with van der Waals surface area (Å²) in [6, 6.07) is -0.0831. The van der Waals surface area contributed by atoms with Gasteiger partial charge in [0, 0.05) is 26.2 Å². The Morgan fingerprint density at radius 2 is 1.95 bits per heavy atom. The van der Waals surface area contributed by atoms with Gasteiger partial charge in [0.25, 0.3) is 0 Å². The number of ether oxygens (including phenoxy) is 2. The maximum absolute atomic E-state index is 12.6. The summed E-state index contributed by atoms with van der Waals surface area (Å²) in [5.74, 6) is 0.411. The van der Waals surface area contributed by atoms with Gasteiger partial charge in [-0.3, -0.25) is 9.69 Å². The predicted octanol–water partition coefficient (Wildman–Crippen LogP) is 1.42. The first-order valence-electron chi connectivity index (χ1n) is 8.26. The van der Waals surface area contributed by atoms with Crippen LogP contribution in [0.1, 0.15) is 40.5 Å². The summed E-state index contributed by atoms with van der Waals surface area (Å²) >= 11 is 0. The topological polar surface area (TPSA) is 50.8 Å². The van der Waals surface area contributed by atoms with Crippen LogP contribution in [0.2, 0.25) is 0 Å². The molecule has 0 bridgehead atoms. The fraction of sp³-hybridized carbons (Fsp3) is 0.938. The van der Waals surface area contributed by atoms with E-state index in [2.05, 4.69) is 37.9 Å². The molecule has 2 fully saturated rings. The van der Waals surface area contributed by atoms with Gasteiger partial charge >= 0.3 is 0 Å². The maximum Gasteiger partial charge on any atom is 0.237 e. The molecule has 0 spiro atoms. The molecule has 4 atom stereocenters. The van der Waals surface area contributed by atoms with Crippen LogP contribution in [0.5, 0.6) is 0 Å². The van der Waals surface area contributed by atoms with Crippen molar-refractivity contribution >= 4 is 5.91 Å². The molecule has 1 N–H and O–H groups in total. The van der Waals surface area contributed by atoms with Crippen molar-refractivity contribution in [2.45, 2.75) is 64.9 Å². The maximum atomic E-state index is 12.6. The Labute approximate surface area is 128 Å². The highest BCUT2D eigenvalue weighted by Gasteiger charge is 2.34. The van der Waals surface area contributed by atoms with Crippen molar-refractivity contribution in [1.29, 1.82) is 0 Å². The van der Waals surface area contributed by atoms with Gasteiger partial charge in [-0.2, -0.15) is 0 Å². The Bertz CT molecular complexity index is 332. The quantitative estimate of drug-likeness (QED) is 0.834. The van der Waals surface area contributed by atoms with E-state index in [-0.39, 0.29) is 36.2 Å². The fourth-order valence-electron chi connectivity index (χ4n) is 3.46. The van der Waals surface area contributed by atoms with Gasteiger partial charge in [0.1, 0.15) is 0 Å². The molecule has 0 radical (unpaired) electrons. The number of rotatable bonds is 5. The van der Waals surface area contributed by atoms with Crippen LogP contribution < -0.4 is 5.32 Å². The second-order valence-electron chi connectivity index (χ2n) is 6.78. The summed E-state index contributed by atoms with van der Waals surface area (Å²) in [5, 5.41) is 3.09. The van der Waals surface area contributed by atoms with Gasteiger partial charge in [0.15, 0.2) is 0 Å². The number of amides is 1. The van der Waals surface area contributed by atoms with E-state index in [0.29, 0.717) is 6.54 Å². The third-order valence-corrected chi connectivity index (χ3v) is 4.27. The molecule has 0 aromatic heterocycles. The first-order valence-corrected chi connectivity index (χ1v) is 8.26. The van der Waals surface area contributed by atoms with Crippen LogP contribution in [-0.2, 0) is 14.3 Å². The number of morpholine rings is 1. The van der Waals surface area contributed by atoms with Gasteiger partial charge in [-0.05, 0) is 32.6 Å². The van der Waals surface area contributed by atoms with Crippen LogP contribution in [0.25, 0.3) is 0 Å². The van der Waals surface area contributed by atoms with Gasteiger partial charge in [0.2, 0.25) is 5.91 Å². The van der Waals surface area contributed by atoms with Crippen molar-refractivity contribution in [1.82, 2.24) is 10.2 Å². The number of carbonyl (C=O) groups excluding carboxylic acids is 1. The van der Waals surface area contributed by atoms with Crippen LogP contribution in [0, 0.1) is 5.92 Å². The van der Waals surface area contributed by atoms with E-state index < -0.39 is 0 Å². The van der Waals surface area contributed by atoms with E-state index in [1.807, 2.05) is 0 Å². The largest absolute Gasteiger partial charge is 0.376 e. The van der Waals surface area contributed by atoms with Crippen LogP contribution in [0.4, 0.5) is 0 Å². The number of nitrogens with zero attached hydrogens (tertiary/aromatic N) is 1. The fourth-order valence-corrected chi connectivity index (χ4v) is 3.46. The van der Waals surface area contributed by atoms with E-state index in [1.54, 1.807) is 0 Å². The summed E-state index contributed by atoms with van der Waals surface area (Å²) in [6.07, 6.45) is 2.72. The van der Waals surface area contributed by atoms with Crippen molar-refractivity contribution in [3.05, 3.63) is 0 Å². The molecule has 5 heteroatoms. The molecule has 0 aliphatic carbocycles. The molecule has 1 amide bonds. The summed E-state index contributed by atoms with van der Waals surface area (Å²) in [4.78, 5) is 14.9. The zero-order valence-electron chi connectivity index (χ0n) is 13.8. The number of hydrogen-bond acceptors (Lipinski definition) is 4. The SMILES string of the molecule is CC1CN(C(C(=O)NCC2CCCO2)C(C)C)CC(C)O1. The first kappa shape index (κ1) is 16.7.